The van der Waals surface area contributed by atoms with Crippen molar-refractivity contribution in [3.63, 3.8) is 0 Å². The van der Waals surface area contributed by atoms with E-state index in [0.29, 0.717) is 0 Å². The fourth-order valence-corrected chi connectivity index (χ4v) is 0.113. The van der Waals surface area contributed by atoms with E-state index in [-0.39, 0.29) is 13.9 Å². The standard InChI is InChI=1S/C2H3.CN.CH3.Cu/c2*1-2;;/h1H,2H2;;1H3;. The molecular weight excluding hydrogens is 126 g/mol. The average molecular weight is 132 g/mol. The molecule has 0 aromatic rings. The Balaban J connectivity index is 3.30. The van der Waals surface area contributed by atoms with Crippen LogP contribution in [-0.2, 0) is 13.9 Å². The van der Waals surface area contributed by atoms with Crippen LogP contribution in [0.5, 0.6) is 0 Å². The number of hydrogen-bond acceptors (Lipinski definition) is 1. The van der Waals surface area contributed by atoms with Gasteiger partial charge in [0.15, 0.2) is 0 Å². The fourth-order valence-electron chi connectivity index (χ4n) is 0.0275. The molecule has 0 radical (unpaired) electrons. The van der Waals surface area contributed by atoms with E-state index in [1.165, 1.54) is 0 Å². The summed E-state index contributed by atoms with van der Waals surface area (Å²) in [5.41, 5.74) is 0. The summed E-state index contributed by atoms with van der Waals surface area (Å²) in [4.78, 5) is 3.65. The third-order valence-electron chi connectivity index (χ3n) is 0.291. The van der Waals surface area contributed by atoms with Crippen molar-refractivity contribution in [3.8, 4) is 4.97 Å². The van der Waals surface area contributed by atoms with Crippen molar-refractivity contribution in [1.29, 1.82) is 5.26 Å². The van der Waals surface area contributed by atoms with Crippen LogP contribution in [0.4, 0.5) is 0 Å². The number of rotatable bonds is 1. The van der Waals surface area contributed by atoms with Gasteiger partial charge in [-0.25, -0.2) is 0 Å². The third kappa shape index (κ3) is 2.02. The van der Waals surface area contributed by atoms with Crippen LogP contribution in [0.1, 0.15) is 0 Å². The molecule has 6 heavy (non-hydrogen) atoms. The molecule has 0 saturated heterocycles. The van der Waals surface area contributed by atoms with Crippen molar-refractivity contribution < 1.29 is 13.9 Å². The van der Waals surface area contributed by atoms with Crippen LogP contribution >= 0.6 is 0 Å². The quantitative estimate of drug-likeness (QED) is 0.492. The Kier molecular flexibility index (Phi) is 2.84. The Morgan fingerprint density at radius 3 is 2.50 bits per heavy atom. The first kappa shape index (κ1) is 5.75. The van der Waals surface area contributed by atoms with Crippen molar-refractivity contribution in [1.82, 2.24) is 0 Å². The Hall–Kier alpha value is -0.251. The van der Waals surface area contributed by atoms with E-state index >= 15 is 0 Å². The summed E-state index contributed by atoms with van der Waals surface area (Å²) >= 11 is -0.160. The van der Waals surface area contributed by atoms with Crippen molar-refractivity contribution in [2.24, 2.45) is 0 Å². The Bertz CT molecular complexity index is 82.0. The molecule has 0 aromatic carbocycles. The Morgan fingerprint density at radius 2 is 2.50 bits per heavy atom. The molecule has 0 aliphatic heterocycles. The van der Waals surface area contributed by atoms with Crippen LogP contribution in [0.15, 0.2) is 11.6 Å². The molecule has 0 fully saturated rings. The molecule has 2 heteroatoms. The second kappa shape index (κ2) is 2.96. The molecule has 0 aliphatic carbocycles. The van der Waals surface area contributed by atoms with Gasteiger partial charge in [0.1, 0.15) is 0 Å². The van der Waals surface area contributed by atoms with Gasteiger partial charge in [-0.05, 0) is 0 Å². The summed E-state index contributed by atoms with van der Waals surface area (Å²) in [5.74, 6) is 1.82. The Morgan fingerprint density at radius 1 is 2.00 bits per heavy atom. The van der Waals surface area contributed by atoms with E-state index in [0.717, 1.165) is 0 Å². The van der Waals surface area contributed by atoms with Crippen LogP contribution in [-0.4, -0.2) is 0 Å². The van der Waals surface area contributed by atoms with Gasteiger partial charge in [0.05, 0.1) is 0 Å². The second-order valence-corrected chi connectivity index (χ2v) is 2.48. The molecular formula is C4H6CuN. The van der Waals surface area contributed by atoms with E-state index in [4.69, 9.17) is 5.26 Å². The van der Waals surface area contributed by atoms with Crippen LogP contribution in [0.2, 0.25) is 5.82 Å². The normalized spacial score (nSPS) is 9.00. The maximum atomic E-state index is 8.02. The molecule has 0 amide bonds. The van der Waals surface area contributed by atoms with Crippen molar-refractivity contribution in [3.05, 3.63) is 11.6 Å². The first-order valence-electron chi connectivity index (χ1n) is 1.26. The summed E-state index contributed by atoms with van der Waals surface area (Å²) in [5, 5.41) is 8.02. The Labute approximate surface area is 42.2 Å². The van der Waals surface area contributed by atoms with Crippen molar-refractivity contribution >= 4 is 0 Å². The maximum absolute atomic E-state index is 8.02. The zero-order chi connectivity index (χ0) is 4.99. The monoisotopic (exact) mass is 131 g/mol. The third-order valence-corrected chi connectivity index (χ3v) is 1.20. The molecule has 0 N–H and O–H groups in total. The van der Waals surface area contributed by atoms with Crippen LogP contribution < -0.4 is 0 Å². The molecule has 0 unspecified atom stereocenters. The topological polar surface area (TPSA) is 23.8 Å². The van der Waals surface area contributed by atoms with Crippen molar-refractivity contribution in [2.75, 3.05) is 0 Å². The van der Waals surface area contributed by atoms with E-state index in [1.807, 2.05) is 10.8 Å². The first-order chi connectivity index (χ1) is 2.81. The molecule has 0 atom stereocenters. The first-order valence-corrected chi connectivity index (χ1v) is 3.21. The SMILES string of the molecule is C=[CH][Cu]([CH3])[C]#N. The molecule has 38 valence electrons. The average Bonchev–Trinajstić information content (AvgIpc) is 1.65. The van der Waals surface area contributed by atoms with E-state index < -0.39 is 0 Å². The van der Waals surface area contributed by atoms with Gasteiger partial charge in [-0.3, -0.25) is 0 Å². The number of nitriles is 1. The summed E-state index contributed by atoms with van der Waals surface area (Å²) < 4.78 is 0. The zero-order valence-electron chi connectivity index (χ0n) is 3.53. The van der Waals surface area contributed by atoms with Crippen molar-refractivity contribution in [2.45, 2.75) is 5.82 Å². The van der Waals surface area contributed by atoms with E-state index in [2.05, 4.69) is 6.58 Å². The molecule has 0 rings (SSSR count). The fraction of sp³-hybridized carbons (Fsp3) is 0.250. The van der Waals surface area contributed by atoms with Crippen LogP contribution in [0, 0.1) is 10.2 Å². The van der Waals surface area contributed by atoms with Gasteiger partial charge in [-0.2, -0.15) is 0 Å². The predicted molar refractivity (Wildman–Crippen MR) is 21.7 cm³/mol. The summed E-state index contributed by atoms with van der Waals surface area (Å²) in [6, 6.07) is 0. The summed E-state index contributed by atoms with van der Waals surface area (Å²) in [7, 11) is 0. The summed E-state index contributed by atoms with van der Waals surface area (Å²) in [6.45, 7) is 3.42. The van der Waals surface area contributed by atoms with Gasteiger partial charge in [0.2, 0.25) is 0 Å². The van der Waals surface area contributed by atoms with Crippen LogP contribution in [0.3, 0.4) is 0 Å². The van der Waals surface area contributed by atoms with Gasteiger partial charge in [-0.15, -0.1) is 0 Å². The van der Waals surface area contributed by atoms with Gasteiger partial charge in [0, 0.05) is 0 Å². The number of hydrogen-bond donors (Lipinski definition) is 0. The zero-order valence-corrected chi connectivity index (χ0v) is 4.47. The molecule has 0 spiro atoms. The van der Waals surface area contributed by atoms with Gasteiger partial charge < -0.3 is 0 Å². The molecule has 0 aromatic heterocycles. The minimum atomic E-state index is -0.160. The predicted octanol–water partition coefficient (Wildman–Crippen LogP) is 1.28. The molecule has 0 bridgehead atoms. The minimum absolute atomic E-state index is 0.160. The molecule has 1 nitrogen and oxygen atoms in total. The van der Waals surface area contributed by atoms with Gasteiger partial charge in [0.25, 0.3) is 0 Å². The second-order valence-electron chi connectivity index (χ2n) is 0.602. The van der Waals surface area contributed by atoms with E-state index in [1.54, 1.807) is 4.97 Å². The van der Waals surface area contributed by atoms with Gasteiger partial charge in [-0.1, -0.05) is 0 Å². The molecule has 0 saturated carbocycles. The molecule has 0 heterocycles. The summed E-state index contributed by atoms with van der Waals surface area (Å²) in [6.07, 6.45) is 0. The van der Waals surface area contributed by atoms with Gasteiger partial charge >= 0.3 is 41.5 Å². The van der Waals surface area contributed by atoms with Crippen LogP contribution in [0.25, 0.3) is 0 Å². The number of nitrogens with zero attached hydrogens (tertiary/aromatic N) is 1. The van der Waals surface area contributed by atoms with E-state index in [9.17, 15) is 0 Å². The molecule has 0 aliphatic rings.